The zero-order valence-corrected chi connectivity index (χ0v) is 10.8. The Labute approximate surface area is 110 Å². The molecule has 1 aliphatic carbocycles. The topological polar surface area (TPSA) is 50.2 Å². The summed E-state index contributed by atoms with van der Waals surface area (Å²) in [7, 11) is 0. The third-order valence-electron chi connectivity index (χ3n) is 3.70. The number of aromatic nitrogens is 1. The number of aromatic carboxylic acids is 1. The lowest BCUT2D eigenvalue weighted by molar-refractivity contribution is 0.0698. The number of carboxylic acid groups (broad SMARTS) is 1. The van der Waals surface area contributed by atoms with Crippen LogP contribution < -0.4 is 0 Å². The fraction of sp³-hybridized carbons (Fsp3) is 0.333. The summed E-state index contributed by atoms with van der Waals surface area (Å²) in [6.07, 6.45) is 2.11. The van der Waals surface area contributed by atoms with Gasteiger partial charge in [0.2, 0.25) is 0 Å². The number of pyridine rings is 1. The molecule has 0 aliphatic heterocycles. The predicted molar refractivity (Wildman–Crippen MR) is 70.1 cm³/mol. The molecule has 1 N–H and O–H groups in total. The third kappa shape index (κ3) is 1.87. The molecule has 0 bridgehead atoms. The fourth-order valence-electron chi connectivity index (χ4n) is 2.64. The molecule has 1 aliphatic rings. The number of carboxylic acids is 1. The molecular weight excluding hydrogens is 245 g/mol. The summed E-state index contributed by atoms with van der Waals surface area (Å²) >= 11 is 0. The summed E-state index contributed by atoms with van der Waals surface area (Å²) < 4.78 is 13.5. The van der Waals surface area contributed by atoms with E-state index in [1.54, 1.807) is 13.8 Å². The van der Waals surface area contributed by atoms with E-state index in [0.29, 0.717) is 27.9 Å². The normalized spacial score (nSPS) is 14.9. The van der Waals surface area contributed by atoms with Crippen molar-refractivity contribution >= 4 is 16.9 Å². The van der Waals surface area contributed by atoms with Crippen LogP contribution >= 0.6 is 0 Å². The lowest BCUT2D eigenvalue weighted by Gasteiger charge is -2.12. The van der Waals surface area contributed by atoms with E-state index in [1.165, 1.54) is 12.1 Å². The molecule has 3 nitrogen and oxygen atoms in total. The number of aryl methyl sites for hydroxylation is 1. The van der Waals surface area contributed by atoms with E-state index in [4.69, 9.17) is 0 Å². The molecule has 2 aromatic rings. The van der Waals surface area contributed by atoms with E-state index in [2.05, 4.69) is 4.98 Å². The molecule has 0 radical (unpaired) electrons. The monoisotopic (exact) mass is 259 g/mol. The number of rotatable bonds is 2. The summed E-state index contributed by atoms with van der Waals surface area (Å²) in [5, 5.41) is 9.82. The second kappa shape index (κ2) is 4.02. The molecule has 0 unspecified atom stereocenters. The van der Waals surface area contributed by atoms with E-state index in [-0.39, 0.29) is 5.56 Å². The van der Waals surface area contributed by atoms with Gasteiger partial charge in [0.25, 0.3) is 0 Å². The van der Waals surface area contributed by atoms with Crippen molar-refractivity contribution < 1.29 is 14.3 Å². The lowest BCUT2D eigenvalue weighted by atomic mass is 9.97. The molecule has 3 rings (SSSR count). The largest absolute Gasteiger partial charge is 0.478 e. The molecule has 1 aromatic heterocycles. The summed E-state index contributed by atoms with van der Waals surface area (Å²) in [5.74, 6) is -1.07. The number of fused-ring (bicyclic) bond motifs is 1. The highest BCUT2D eigenvalue weighted by atomic mass is 19.1. The number of hydrogen-bond acceptors (Lipinski definition) is 2. The molecule has 4 heteroatoms. The number of hydrogen-bond donors (Lipinski definition) is 1. The van der Waals surface area contributed by atoms with Crippen molar-refractivity contribution in [3.63, 3.8) is 0 Å². The SMILES string of the molecule is Cc1c(C2CC2)nc2c(C)cc(F)cc2c1C(=O)O. The minimum atomic E-state index is -1.02. The maximum atomic E-state index is 13.5. The summed E-state index contributed by atoms with van der Waals surface area (Å²) in [6, 6.07) is 2.66. The summed E-state index contributed by atoms with van der Waals surface area (Å²) in [4.78, 5) is 16.1. The number of nitrogens with zero attached hydrogens (tertiary/aromatic N) is 1. The van der Waals surface area contributed by atoms with Gasteiger partial charge in [0.15, 0.2) is 0 Å². The van der Waals surface area contributed by atoms with Crippen LogP contribution in [0.25, 0.3) is 10.9 Å². The molecule has 19 heavy (non-hydrogen) atoms. The zero-order chi connectivity index (χ0) is 13.7. The highest BCUT2D eigenvalue weighted by molar-refractivity contribution is 6.04. The van der Waals surface area contributed by atoms with Crippen LogP contribution in [-0.4, -0.2) is 16.1 Å². The van der Waals surface area contributed by atoms with E-state index in [9.17, 15) is 14.3 Å². The average molecular weight is 259 g/mol. The molecule has 1 fully saturated rings. The van der Waals surface area contributed by atoms with Crippen LogP contribution in [0.3, 0.4) is 0 Å². The maximum Gasteiger partial charge on any atom is 0.336 e. The third-order valence-corrected chi connectivity index (χ3v) is 3.70. The molecule has 1 heterocycles. The Bertz CT molecular complexity index is 705. The number of carbonyl (C=O) groups is 1. The van der Waals surface area contributed by atoms with Gasteiger partial charge in [-0.2, -0.15) is 0 Å². The second-order valence-electron chi connectivity index (χ2n) is 5.20. The molecule has 0 saturated heterocycles. The smallest absolute Gasteiger partial charge is 0.336 e. The molecule has 0 atom stereocenters. The van der Waals surface area contributed by atoms with Gasteiger partial charge < -0.3 is 5.11 Å². The Morgan fingerprint density at radius 2 is 2.05 bits per heavy atom. The molecule has 1 aromatic carbocycles. The minimum absolute atomic E-state index is 0.189. The number of benzene rings is 1. The van der Waals surface area contributed by atoms with Crippen LogP contribution in [0.2, 0.25) is 0 Å². The van der Waals surface area contributed by atoms with E-state index in [1.807, 2.05) is 0 Å². The van der Waals surface area contributed by atoms with Crippen LogP contribution in [0.15, 0.2) is 12.1 Å². The van der Waals surface area contributed by atoms with Gasteiger partial charge in [-0.3, -0.25) is 4.98 Å². The molecule has 1 saturated carbocycles. The Kier molecular flexibility index (Phi) is 2.55. The van der Waals surface area contributed by atoms with Gasteiger partial charge in [0, 0.05) is 17.0 Å². The first-order chi connectivity index (χ1) is 8.99. The summed E-state index contributed by atoms with van der Waals surface area (Å²) in [5.41, 5.74) is 3.01. The van der Waals surface area contributed by atoms with Gasteiger partial charge in [-0.15, -0.1) is 0 Å². The van der Waals surface area contributed by atoms with E-state index < -0.39 is 11.8 Å². The van der Waals surface area contributed by atoms with Gasteiger partial charge in [0.1, 0.15) is 5.82 Å². The lowest BCUT2D eigenvalue weighted by Crippen LogP contribution is -2.07. The van der Waals surface area contributed by atoms with Crippen LogP contribution in [-0.2, 0) is 0 Å². The standard InChI is InChI=1S/C15H14FNO2/c1-7-5-10(16)6-11-12(15(18)19)8(2)14(9-3-4-9)17-13(7)11/h5-6,9H,3-4H2,1-2H3,(H,18,19). The maximum absolute atomic E-state index is 13.5. The van der Waals surface area contributed by atoms with Gasteiger partial charge in [0.05, 0.1) is 11.1 Å². The Morgan fingerprint density at radius 3 is 2.63 bits per heavy atom. The van der Waals surface area contributed by atoms with Crippen molar-refractivity contribution in [1.29, 1.82) is 0 Å². The highest BCUT2D eigenvalue weighted by Gasteiger charge is 2.30. The number of halogens is 1. The van der Waals surface area contributed by atoms with Crippen molar-refractivity contribution in [1.82, 2.24) is 4.98 Å². The van der Waals surface area contributed by atoms with Gasteiger partial charge in [-0.1, -0.05) is 0 Å². The molecule has 0 amide bonds. The van der Waals surface area contributed by atoms with Crippen molar-refractivity contribution in [2.75, 3.05) is 0 Å². The highest BCUT2D eigenvalue weighted by Crippen LogP contribution is 2.42. The Hall–Kier alpha value is -1.97. The Morgan fingerprint density at radius 1 is 1.37 bits per heavy atom. The van der Waals surface area contributed by atoms with Crippen molar-refractivity contribution in [2.24, 2.45) is 0 Å². The fourth-order valence-corrected chi connectivity index (χ4v) is 2.64. The van der Waals surface area contributed by atoms with Crippen molar-refractivity contribution in [3.8, 4) is 0 Å². The molecular formula is C15H14FNO2. The van der Waals surface area contributed by atoms with Crippen molar-refractivity contribution in [2.45, 2.75) is 32.6 Å². The summed E-state index contributed by atoms with van der Waals surface area (Å²) in [6.45, 7) is 3.53. The minimum Gasteiger partial charge on any atom is -0.478 e. The quantitative estimate of drug-likeness (QED) is 0.897. The second-order valence-corrected chi connectivity index (χ2v) is 5.20. The molecule has 0 spiro atoms. The van der Waals surface area contributed by atoms with Gasteiger partial charge in [-0.05, 0) is 49.9 Å². The predicted octanol–water partition coefficient (Wildman–Crippen LogP) is 3.57. The van der Waals surface area contributed by atoms with E-state index >= 15 is 0 Å². The van der Waals surface area contributed by atoms with E-state index in [0.717, 1.165) is 18.5 Å². The van der Waals surface area contributed by atoms with Crippen molar-refractivity contribution in [3.05, 3.63) is 40.3 Å². The van der Waals surface area contributed by atoms with Gasteiger partial charge in [-0.25, -0.2) is 9.18 Å². The van der Waals surface area contributed by atoms with Crippen LogP contribution in [0, 0.1) is 19.7 Å². The first kappa shape index (κ1) is 12.1. The Balaban J connectivity index is 2.44. The van der Waals surface area contributed by atoms with Crippen LogP contribution in [0.1, 0.15) is 45.9 Å². The van der Waals surface area contributed by atoms with Crippen LogP contribution in [0.4, 0.5) is 4.39 Å². The van der Waals surface area contributed by atoms with Gasteiger partial charge >= 0.3 is 5.97 Å². The first-order valence-corrected chi connectivity index (χ1v) is 6.32. The first-order valence-electron chi connectivity index (χ1n) is 6.32. The molecule has 98 valence electrons. The average Bonchev–Trinajstić information content (AvgIpc) is 3.11. The zero-order valence-electron chi connectivity index (χ0n) is 10.8. The van der Waals surface area contributed by atoms with Crippen LogP contribution in [0.5, 0.6) is 0 Å².